The summed E-state index contributed by atoms with van der Waals surface area (Å²) < 4.78 is 13.7. The number of benzene rings is 2. The normalized spacial score (nSPS) is 10.3. The maximum atomic E-state index is 13.7. The lowest BCUT2D eigenvalue weighted by Gasteiger charge is -2.08. The minimum atomic E-state index is -0.567. The van der Waals surface area contributed by atoms with Gasteiger partial charge in [-0.3, -0.25) is 4.79 Å². The summed E-state index contributed by atoms with van der Waals surface area (Å²) in [5.41, 5.74) is 1.10. The van der Waals surface area contributed by atoms with Crippen LogP contribution < -0.4 is 5.32 Å². The molecule has 0 fully saturated rings. The van der Waals surface area contributed by atoms with Crippen LogP contribution in [0, 0.1) is 12.7 Å². The highest BCUT2D eigenvalue weighted by atomic mass is 35.5. The summed E-state index contributed by atoms with van der Waals surface area (Å²) in [5.74, 6) is -1.12. The number of carbonyl (C=O) groups excluding carboxylic acids is 1. The molecule has 1 N–H and O–H groups in total. The van der Waals surface area contributed by atoms with Gasteiger partial charge in [-0.25, -0.2) is 4.39 Å². The summed E-state index contributed by atoms with van der Waals surface area (Å²) in [6, 6.07) is 9.07. The minimum absolute atomic E-state index is 0.0309. The Bertz CT molecular complexity index is 643. The van der Waals surface area contributed by atoms with E-state index >= 15 is 0 Å². The van der Waals surface area contributed by atoms with E-state index in [1.165, 1.54) is 18.2 Å². The van der Waals surface area contributed by atoms with Crippen molar-refractivity contribution in [1.29, 1.82) is 0 Å². The first-order valence-corrected chi connectivity index (χ1v) is 6.25. The zero-order valence-corrected chi connectivity index (χ0v) is 11.5. The van der Waals surface area contributed by atoms with Crippen molar-refractivity contribution in [3.8, 4) is 0 Å². The van der Waals surface area contributed by atoms with Gasteiger partial charge in [-0.15, -0.1) is 0 Å². The van der Waals surface area contributed by atoms with Crippen LogP contribution in [0.3, 0.4) is 0 Å². The molecule has 0 radical (unpaired) electrons. The molecule has 0 aliphatic carbocycles. The lowest BCUT2D eigenvalue weighted by molar-refractivity contribution is 0.102. The number of carbonyl (C=O) groups is 1. The number of halogens is 3. The van der Waals surface area contributed by atoms with Crippen molar-refractivity contribution in [2.24, 2.45) is 0 Å². The number of anilines is 1. The van der Waals surface area contributed by atoms with Gasteiger partial charge in [-0.05, 0) is 42.8 Å². The molecule has 0 unspecified atom stereocenters. The molecule has 2 rings (SSSR count). The first kappa shape index (κ1) is 13.8. The summed E-state index contributed by atoms with van der Waals surface area (Å²) in [6.07, 6.45) is 0. The molecule has 2 aromatic rings. The zero-order valence-electron chi connectivity index (χ0n) is 10.0. The molecule has 0 atom stereocenters. The standard InChI is InChI=1S/C14H10Cl2FNO/c1-8-2-4-10(12(17)6-8)14(19)18-13-5-3-9(15)7-11(13)16/h2-7H,1H3,(H,18,19). The lowest BCUT2D eigenvalue weighted by atomic mass is 10.1. The smallest absolute Gasteiger partial charge is 0.258 e. The van der Waals surface area contributed by atoms with Crippen LogP contribution in [0.2, 0.25) is 10.0 Å². The van der Waals surface area contributed by atoms with Crippen molar-refractivity contribution < 1.29 is 9.18 Å². The fourth-order valence-electron chi connectivity index (χ4n) is 1.58. The van der Waals surface area contributed by atoms with Gasteiger partial charge in [0.05, 0.1) is 16.3 Å². The molecule has 19 heavy (non-hydrogen) atoms. The number of aryl methyl sites for hydroxylation is 1. The summed E-state index contributed by atoms with van der Waals surface area (Å²) >= 11 is 11.7. The molecular weight excluding hydrogens is 288 g/mol. The fraction of sp³-hybridized carbons (Fsp3) is 0.0714. The SMILES string of the molecule is Cc1ccc(C(=O)Nc2ccc(Cl)cc2Cl)c(F)c1. The Morgan fingerprint density at radius 2 is 1.89 bits per heavy atom. The third-order valence-corrected chi connectivity index (χ3v) is 3.10. The molecule has 0 saturated carbocycles. The van der Waals surface area contributed by atoms with Crippen LogP contribution in [0.5, 0.6) is 0 Å². The Morgan fingerprint density at radius 1 is 1.16 bits per heavy atom. The molecule has 5 heteroatoms. The van der Waals surface area contributed by atoms with Gasteiger partial charge in [0.25, 0.3) is 5.91 Å². The molecule has 2 aromatic carbocycles. The summed E-state index contributed by atoms with van der Waals surface area (Å²) in [5, 5.41) is 3.31. The Kier molecular flexibility index (Phi) is 4.08. The first-order valence-electron chi connectivity index (χ1n) is 5.50. The van der Waals surface area contributed by atoms with Crippen LogP contribution >= 0.6 is 23.2 Å². The van der Waals surface area contributed by atoms with E-state index in [1.807, 2.05) is 0 Å². The van der Waals surface area contributed by atoms with E-state index in [1.54, 1.807) is 25.1 Å². The van der Waals surface area contributed by atoms with E-state index in [9.17, 15) is 9.18 Å². The van der Waals surface area contributed by atoms with Crippen molar-refractivity contribution in [1.82, 2.24) is 0 Å². The largest absolute Gasteiger partial charge is 0.321 e. The van der Waals surface area contributed by atoms with Gasteiger partial charge >= 0.3 is 0 Å². The van der Waals surface area contributed by atoms with E-state index in [2.05, 4.69) is 5.32 Å². The second-order valence-electron chi connectivity index (χ2n) is 4.06. The Labute approximate surface area is 120 Å². The minimum Gasteiger partial charge on any atom is -0.321 e. The van der Waals surface area contributed by atoms with Crippen LogP contribution in [0.25, 0.3) is 0 Å². The summed E-state index contributed by atoms with van der Waals surface area (Å²) in [4.78, 5) is 11.9. The quantitative estimate of drug-likeness (QED) is 0.856. The van der Waals surface area contributed by atoms with Gasteiger partial charge in [-0.1, -0.05) is 29.3 Å². The molecule has 98 valence electrons. The van der Waals surface area contributed by atoms with E-state index in [-0.39, 0.29) is 5.56 Å². The summed E-state index contributed by atoms with van der Waals surface area (Å²) in [6.45, 7) is 1.75. The molecule has 1 amide bonds. The average Bonchev–Trinajstić information content (AvgIpc) is 2.32. The third kappa shape index (κ3) is 3.25. The van der Waals surface area contributed by atoms with Crippen molar-refractivity contribution in [3.05, 3.63) is 63.4 Å². The average molecular weight is 298 g/mol. The molecule has 0 aromatic heterocycles. The molecule has 0 aliphatic rings. The molecule has 0 saturated heterocycles. The monoisotopic (exact) mass is 297 g/mol. The Hall–Kier alpha value is -1.58. The highest BCUT2D eigenvalue weighted by Gasteiger charge is 2.13. The van der Waals surface area contributed by atoms with E-state index < -0.39 is 11.7 Å². The van der Waals surface area contributed by atoms with Gasteiger partial charge in [-0.2, -0.15) is 0 Å². The number of nitrogens with one attached hydrogen (secondary N) is 1. The van der Waals surface area contributed by atoms with Crippen LogP contribution in [0.15, 0.2) is 36.4 Å². The second kappa shape index (κ2) is 5.59. The third-order valence-electron chi connectivity index (χ3n) is 2.55. The van der Waals surface area contributed by atoms with Crippen molar-refractivity contribution in [3.63, 3.8) is 0 Å². The highest BCUT2D eigenvalue weighted by Crippen LogP contribution is 2.26. The number of rotatable bonds is 2. The van der Waals surface area contributed by atoms with Crippen LogP contribution in [0.1, 0.15) is 15.9 Å². The van der Waals surface area contributed by atoms with Crippen molar-refractivity contribution in [2.75, 3.05) is 5.32 Å². The fourth-order valence-corrected chi connectivity index (χ4v) is 2.04. The Balaban J connectivity index is 2.25. The Morgan fingerprint density at radius 3 is 2.53 bits per heavy atom. The molecule has 0 heterocycles. The topological polar surface area (TPSA) is 29.1 Å². The number of hydrogen-bond acceptors (Lipinski definition) is 1. The van der Waals surface area contributed by atoms with Crippen molar-refractivity contribution >= 4 is 34.8 Å². The maximum Gasteiger partial charge on any atom is 0.258 e. The van der Waals surface area contributed by atoms with E-state index in [0.717, 1.165) is 5.56 Å². The molecular formula is C14H10Cl2FNO. The van der Waals surface area contributed by atoms with Crippen molar-refractivity contribution in [2.45, 2.75) is 6.92 Å². The van der Waals surface area contributed by atoms with E-state index in [0.29, 0.717) is 15.7 Å². The highest BCUT2D eigenvalue weighted by molar-refractivity contribution is 6.36. The number of hydrogen-bond donors (Lipinski definition) is 1. The predicted octanol–water partition coefficient (Wildman–Crippen LogP) is 4.69. The predicted molar refractivity (Wildman–Crippen MR) is 75.6 cm³/mol. The van der Waals surface area contributed by atoms with Crippen LogP contribution in [0.4, 0.5) is 10.1 Å². The first-order chi connectivity index (χ1) is 8.97. The van der Waals surface area contributed by atoms with Crippen LogP contribution in [-0.4, -0.2) is 5.91 Å². The van der Waals surface area contributed by atoms with Gasteiger partial charge in [0, 0.05) is 5.02 Å². The lowest BCUT2D eigenvalue weighted by Crippen LogP contribution is -2.14. The van der Waals surface area contributed by atoms with Gasteiger partial charge < -0.3 is 5.32 Å². The van der Waals surface area contributed by atoms with Gasteiger partial charge in [0.2, 0.25) is 0 Å². The van der Waals surface area contributed by atoms with Crippen LogP contribution in [-0.2, 0) is 0 Å². The molecule has 0 spiro atoms. The van der Waals surface area contributed by atoms with E-state index in [4.69, 9.17) is 23.2 Å². The van der Waals surface area contributed by atoms with Gasteiger partial charge in [0.1, 0.15) is 5.82 Å². The van der Waals surface area contributed by atoms with Gasteiger partial charge in [0.15, 0.2) is 0 Å². The second-order valence-corrected chi connectivity index (χ2v) is 4.91. The molecule has 0 bridgehead atoms. The summed E-state index contributed by atoms with van der Waals surface area (Å²) in [7, 11) is 0. The molecule has 0 aliphatic heterocycles. The number of amides is 1. The molecule has 2 nitrogen and oxygen atoms in total. The maximum absolute atomic E-state index is 13.7. The zero-order chi connectivity index (χ0) is 14.0.